The van der Waals surface area contributed by atoms with Gasteiger partial charge in [0.15, 0.2) is 0 Å². The molecule has 7 atom stereocenters. The molecule has 26 heavy (non-hydrogen) atoms. The summed E-state index contributed by atoms with van der Waals surface area (Å²) in [7, 11) is 0. The van der Waals surface area contributed by atoms with Gasteiger partial charge < -0.3 is 0 Å². The fraction of sp³-hybridized carbons (Fsp3) is 0.905. The lowest BCUT2D eigenvalue weighted by Gasteiger charge is -2.63. The van der Waals surface area contributed by atoms with E-state index in [4.69, 9.17) is 9.78 Å². The van der Waals surface area contributed by atoms with Crippen LogP contribution in [0.15, 0.2) is 0 Å². The molecular formula is C21H31BrO4. The largest absolute Gasteiger partial charge is 0.339 e. The lowest BCUT2D eigenvalue weighted by molar-refractivity contribution is -0.306. The number of carbonyl (C=O) groups is 2. The Morgan fingerprint density at radius 3 is 2.58 bits per heavy atom. The van der Waals surface area contributed by atoms with Crippen molar-refractivity contribution in [2.24, 2.45) is 28.6 Å². The summed E-state index contributed by atoms with van der Waals surface area (Å²) >= 11 is 4.15. The third-order valence-corrected chi connectivity index (χ3v) is 10.3. The first-order valence-electron chi connectivity index (χ1n) is 10.3. The number of alkyl halides is 1. The molecule has 0 aliphatic heterocycles. The Kier molecular flexibility index (Phi) is 4.58. The molecule has 4 rings (SSSR count). The Morgan fingerprint density at radius 2 is 1.85 bits per heavy atom. The van der Waals surface area contributed by atoms with E-state index >= 15 is 0 Å². The van der Waals surface area contributed by atoms with Gasteiger partial charge in [0.25, 0.3) is 0 Å². The third kappa shape index (κ3) is 2.63. The molecule has 4 fully saturated rings. The van der Waals surface area contributed by atoms with Crippen LogP contribution in [0.25, 0.3) is 0 Å². The molecule has 4 aliphatic rings. The topological polar surface area (TPSA) is 52.6 Å². The maximum Gasteiger partial charge on any atom is 0.339 e. The molecule has 0 N–H and O–H groups in total. The van der Waals surface area contributed by atoms with Gasteiger partial charge in [-0.1, -0.05) is 29.8 Å². The SMILES string of the molecule is CC(=O)OOC1CC[C@]2(C)[C@@H]3CC[C@]4(C)C(=O)CC[C@H]4[C@@H]3CCC2(Br)C1. The summed E-state index contributed by atoms with van der Waals surface area (Å²) in [6, 6.07) is 0. The van der Waals surface area contributed by atoms with Crippen LogP contribution in [0.3, 0.4) is 0 Å². The number of ketones is 1. The average molecular weight is 427 g/mol. The van der Waals surface area contributed by atoms with Crippen LogP contribution in [0.1, 0.15) is 78.6 Å². The van der Waals surface area contributed by atoms with Gasteiger partial charge in [0.1, 0.15) is 11.9 Å². The van der Waals surface area contributed by atoms with E-state index in [1.165, 1.54) is 19.8 Å². The average Bonchev–Trinajstić information content (AvgIpc) is 2.89. The molecule has 0 spiro atoms. The zero-order chi connectivity index (χ0) is 18.7. The fourth-order valence-electron chi connectivity index (χ4n) is 7.15. The highest BCUT2D eigenvalue weighted by Crippen LogP contribution is 2.68. The van der Waals surface area contributed by atoms with Crippen LogP contribution in [0, 0.1) is 28.6 Å². The predicted octanol–water partition coefficient (Wildman–Crippen LogP) is 4.98. The second-order valence-electron chi connectivity index (χ2n) is 9.75. The minimum Gasteiger partial charge on any atom is -0.299 e. The van der Waals surface area contributed by atoms with Crippen molar-refractivity contribution in [3.63, 3.8) is 0 Å². The van der Waals surface area contributed by atoms with Crippen molar-refractivity contribution in [2.45, 2.75) is 89.0 Å². The molecule has 2 unspecified atom stereocenters. The highest BCUT2D eigenvalue weighted by molar-refractivity contribution is 9.10. The third-order valence-electron chi connectivity index (χ3n) is 8.70. The molecule has 0 saturated heterocycles. The normalized spacial score (nSPS) is 50.5. The van der Waals surface area contributed by atoms with Gasteiger partial charge in [0, 0.05) is 23.1 Å². The van der Waals surface area contributed by atoms with E-state index in [0.29, 0.717) is 23.5 Å². The Bertz CT molecular complexity index is 621. The second kappa shape index (κ2) is 6.30. The summed E-state index contributed by atoms with van der Waals surface area (Å²) in [5.74, 6) is 2.07. The van der Waals surface area contributed by atoms with Crippen LogP contribution in [-0.2, 0) is 19.4 Å². The summed E-state index contributed by atoms with van der Waals surface area (Å²) in [4.78, 5) is 33.9. The van der Waals surface area contributed by atoms with Crippen LogP contribution in [0.2, 0.25) is 0 Å². The van der Waals surface area contributed by atoms with Gasteiger partial charge in [-0.2, -0.15) is 4.89 Å². The van der Waals surface area contributed by atoms with Crippen LogP contribution >= 0.6 is 15.9 Å². The van der Waals surface area contributed by atoms with E-state index in [1.54, 1.807) is 0 Å². The molecule has 0 aromatic heterocycles. The maximum absolute atomic E-state index is 12.5. The van der Waals surface area contributed by atoms with Crippen molar-refractivity contribution in [3.05, 3.63) is 0 Å². The zero-order valence-electron chi connectivity index (χ0n) is 16.2. The fourth-order valence-corrected chi connectivity index (χ4v) is 8.23. The first kappa shape index (κ1) is 18.9. The van der Waals surface area contributed by atoms with Crippen molar-refractivity contribution >= 4 is 27.7 Å². The van der Waals surface area contributed by atoms with Crippen LogP contribution in [0.4, 0.5) is 0 Å². The monoisotopic (exact) mass is 426 g/mol. The molecule has 146 valence electrons. The highest BCUT2D eigenvalue weighted by atomic mass is 79.9. The van der Waals surface area contributed by atoms with E-state index in [2.05, 4.69) is 29.8 Å². The Morgan fingerprint density at radius 1 is 1.08 bits per heavy atom. The molecule has 0 aromatic rings. The van der Waals surface area contributed by atoms with Crippen LogP contribution in [0.5, 0.6) is 0 Å². The summed E-state index contributed by atoms with van der Waals surface area (Å²) in [5.41, 5.74) is 0.165. The van der Waals surface area contributed by atoms with E-state index in [9.17, 15) is 9.59 Å². The molecule has 0 aromatic carbocycles. The number of rotatable bonds is 2. The summed E-state index contributed by atoms with van der Waals surface area (Å²) in [5, 5.41) is 0. The van der Waals surface area contributed by atoms with Gasteiger partial charge in [-0.05, 0) is 74.5 Å². The molecule has 4 nitrogen and oxygen atoms in total. The minimum absolute atomic E-state index is 0.0233. The van der Waals surface area contributed by atoms with Crippen LogP contribution in [-0.4, -0.2) is 22.2 Å². The van der Waals surface area contributed by atoms with E-state index < -0.39 is 0 Å². The first-order chi connectivity index (χ1) is 12.2. The van der Waals surface area contributed by atoms with Crippen molar-refractivity contribution in [1.29, 1.82) is 0 Å². The first-order valence-corrected chi connectivity index (χ1v) is 11.0. The standard InChI is InChI=1S/C21H31BrO4/c1-13(23)25-26-14-6-10-20(3)17-8-9-19(2)16(4-5-18(19)24)15(17)7-11-21(20,22)12-14/h14-17H,4-12H2,1-3H3/t14?,15-,16-,17+,19-,20+,21?/m0/s1. The summed E-state index contributed by atoms with van der Waals surface area (Å²) < 4.78 is 0.0422. The van der Waals surface area contributed by atoms with Gasteiger partial charge >= 0.3 is 5.97 Å². The smallest absolute Gasteiger partial charge is 0.299 e. The van der Waals surface area contributed by atoms with Gasteiger partial charge in [-0.25, -0.2) is 4.79 Å². The predicted molar refractivity (Wildman–Crippen MR) is 102 cm³/mol. The lowest BCUT2D eigenvalue weighted by atomic mass is 9.45. The number of Topliss-reactive ketones (excluding diaryl/α,β-unsaturated/α-hetero) is 1. The molecular weight excluding hydrogens is 396 g/mol. The molecule has 4 aliphatic carbocycles. The molecule has 4 saturated carbocycles. The minimum atomic E-state index is -0.386. The van der Waals surface area contributed by atoms with E-state index in [0.717, 1.165) is 44.9 Å². The zero-order valence-corrected chi connectivity index (χ0v) is 17.8. The van der Waals surface area contributed by atoms with Crippen LogP contribution < -0.4 is 0 Å². The number of carbonyl (C=O) groups excluding carboxylic acids is 2. The number of fused-ring (bicyclic) bond motifs is 5. The van der Waals surface area contributed by atoms with Gasteiger partial charge in [-0.15, -0.1) is 0 Å². The molecule has 0 radical (unpaired) electrons. The van der Waals surface area contributed by atoms with E-state index in [-0.39, 0.29) is 27.2 Å². The van der Waals surface area contributed by atoms with Crippen molar-refractivity contribution in [3.8, 4) is 0 Å². The Balaban J connectivity index is 1.55. The molecule has 0 bridgehead atoms. The summed E-state index contributed by atoms with van der Waals surface area (Å²) in [6.45, 7) is 6.08. The van der Waals surface area contributed by atoms with Crippen molar-refractivity contribution in [2.75, 3.05) is 0 Å². The van der Waals surface area contributed by atoms with Gasteiger partial charge in [0.05, 0.1) is 0 Å². The van der Waals surface area contributed by atoms with Gasteiger partial charge in [-0.3, -0.25) is 9.68 Å². The maximum atomic E-state index is 12.5. The number of halogens is 1. The van der Waals surface area contributed by atoms with Crippen molar-refractivity contribution < 1.29 is 19.4 Å². The second-order valence-corrected chi connectivity index (χ2v) is 11.3. The quantitative estimate of drug-likeness (QED) is 0.354. The number of hydrogen-bond acceptors (Lipinski definition) is 4. The summed E-state index contributed by atoms with van der Waals surface area (Å²) in [6.07, 6.45) is 9.31. The Hall–Kier alpha value is -0.420. The van der Waals surface area contributed by atoms with Gasteiger partial charge in [0.2, 0.25) is 0 Å². The highest BCUT2D eigenvalue weighted by Gasteiger charge is 2.64. The molecule has 0 heterocycles. The molecule has 5 heteroatoms. The Labute approximate surface area is 164 Å². The number of hydrogen-bond donors (Lipinski definition) is 0. The molecule has 0 amide bonds. The van der Waals surface area contributed by atoms with Crippen molar-refractivity contribution in [1.82, 2.24) is 0 Å². The van der Waals surface area contributed by atoms with E-state index in [1.807, 2.05) is 0 Å². The lowest BCUT2D eigenvalue weighted by Crippen LogP contribution is -2.60.